The second-order valence-electron chi connectivity index (χ2n) is 4.10. The number of nitrogens with zero attached hydrogens (tertiary/aromatic N) is 2. The molecule has 2 aromatic rings. The van der Waals surface area contributed by atoms with E-state index in [1.54, 1.807) is 42.7 Å². The van der Waals surface area contributed by atoms with Gasteiger partial charge in [0.25, 0.3) is 0 Å². The van der Waals surface area contributed by atoms with Crippen LogP contribution in [0.1, 0.15) is 11.1 Å². The van der Waals surface area contributed by atoms with Gasteiger partial charge in [0.15, 0.2) is 5.60 Å². The fraction of sp³-hybridized carbons (Fsp3) is 0.0769. The number of halogens is 1. The van der Waals surface area contributed by atoms with Gasteiger partial charge in [-0.2, -0.15) is 0 Å². The van der Waals surface area contributed by atoms with Crippen molar-refractivity contribution in [1.82, 2.24) is 4.98 Å². The summed E-state index contributed by atoms with van der Waals surface area (Å²) in [4.78, 5) is 8.12. The largest absolute Gasteiger partial charge is 0.384 e. The van der Waals surface area contributed by atoms with Crippen LogP contribution in [0.5, 0.6) is 0 Å². The van der Waals surface area contributed by atoms with Crippen molar-refractivity contribution in [2.45, 2.75) is 5.60 Å². The summed E-state index contributed by atoms with van der Waals surface area (Å²) in [6, 6.07) is 8.55. The molecule has 1 aromatic carbocycles. The second-order valence-corrected chi connectivity index (χ2v) is 4.54. The van der Waals surface area contributed by atoms with E-state index in [2.05, 4.69) is 9.98 Å². The van der Waals surface area contributed by atoms with Crippen molar-refractivity contribution in [1.29, 1.82) is 0 Å². The van der Waals surface area contributed by atoms with Gasteiger partial charge in [0.1, 0.15) is 5.84 Å². The van der Waals surface area contributed by atoms with Crippen molar-refractivity contribution in [2.24, 2.45) is 10.7 Å². The van der Waals surface area contributed by atoms with Gasteiger partial charge in [-0.05, 0) is 35.9 Å². The third-order valence-electron chi connectivity index (χ3n) is 3.06. The van der Waals surface area contributed by atoms with E-state index in [0.29, 0.717) is 21.8 Å². The summed E-state index contributed by atoms with van der Waals surface area (Å²) in [6.07, 6.45) is 3.20. The molecule has 0 amide bonds. The number of amidine groups is 1. The van der Waals surface area contributed by atoms with Gasteiger partial charge < -0.3 is 10.8 Å². The van der Waals surface area contributed by atoms with Crippen LogP contribution in [0.15, 0.2) is 47.7 Å². The quantitative estimate of drug-likeness (QED) is 0.823. The molecule has 1 aliphatic heterocycles. The molecule has 3 N–H and O–H groups in total. The monoisotopic (exact) mass is 259 g/mol. The highest BCUT2D eigenvalue weighted by Gasteiger charge is 2.42. The standard InChI is InChI=1S/C13H10ClN3O/c14-9-1-2-11-10(7-9)13(18,12(15)17-11)8-3-5-16-6-4-8/h1-7,18H,(H2,15,17). The molecule has 1 aromatic heterocycles. The minimum atomic E-state index is -1.43. The van der Waals surface area contributed by atoms with Gasteiger partial charge in [-0.3, -0.25) is 4.98 Å². The molecule has 0 spiro atoms. The highest BCUT2D eigenvalue weighted by molar-refractivity contribution is 6.30. The number of pyridine rings is 1. The van der Waals surface area contributed by atoms with E-state index in [4.69, 9.17) is 17.3 Å². The van der Waals surface area contributed by atoms with E-state index in [1.165, 1.54) is 0 Å². The maximum Gasteiger partial charge on any atom is 0.174 e. The number of aromatic nitrogens is 1. The smallest absolute Gasteiger partial charge is 0.174 e. The number of aliphatic imine (C=N–C) groups is 1. The van der Waals surface area contributed by atoms with E-state index < -0.39 is 5.60 Å². The number of rotatable bonds is 1. The highest BCUT2D eigenvalue weighted by atomic mass is 35.5. The molecule has 0 saturated heterocycles. The normalized spacial score (nSPS) is 21.6. The van der Waals surface area contributed by atoms with Crippen LogP contribution in [0.25, 0.3) is 0 Å². The summed E-state index contributed by atoms with van der Waals surface area (Å²) in [5.74, 6) is 0.144. The molecular formula is C13H10ClN3O. The van der Waals surface area contributed by atoms with Crippen molar-refractivity contribution in [3.05, 3.63) is 58.9 Å². The lowest BCUT2D eigenvalue weighted by molar-refractivity contribution is 0.158. The lowest BCUT2D eigenvalue weighted by Crippen LogP contribution is -2.39. The van der Waals surface area contributed by atoms with E-state index >= 15 is 0 Å². The third kappa shape index (κ3) is 1.43. The number of hydrogen-bond donors (Lipinski definition) is 2. The molecule has 2 heterocycles. The molecule has 5 heteroatoms. The molecule has 0 radical (unpaired) electrons. The lowest BCUT2D eigenvalue weighted by Gasteiger charge is -2.24. The van der Waals surface area contributed by atoms with E-state index in [-0.39, 0.29) is 5.84 Å². The Balaban J connectivity index is 2.26. The third-order valence-corrected chi connectivity index (χ3v) is 3.29. The highest BCUT2D eigenvalue weighted by Crippen LogP contribution is 2.42. The summed E-state index contributed by atoms with van der Waals surface area (Å²) in [6.45, 7) is 0. The Morgan fingerprint density at radius 1 is 1.17 bits per heavy atom. The Morgan fingerprint density at radius 2 is 1.89 bits per heavy atom. The van der Waals surface area contributed by atoms with E-state index in [9.17, 15) is 5.11 Å². The molecule has 0 fully saturated rings. The Bertz CT molecular complexity index is 642. The summed E-state index contributed by atoms with van der Waals surface area (Å²) in [5.41, 5.74) is 6.31. The van der Waals surface area contributed by atoms with Gasteiger partial charge in [0.2, 0.25) is 0 Å². The minimum Gasteiger partial charge on any atom is -0.384 e. The molecule has 4 nitrogen and oxygen atoms in total. The molecule has 1 unspecified atom stereocenters. The van der Waals surface area contributed by atoms with Crippen molar-refractivity contribution in [3.8, 4) is 0 Å². The number of hydrogen-bond acceptors (Lipinski definition) is 4. The van der Waals surface area contributed by atoms with Crippen LogP contribution in [0.2, 0.25) is 5.02 Å². The van der Waals surface area contributed by atoms with Gasteiger partial charge in [0, 0.05) is 23.0 Å². The summed E-state index contributed by atoms with van der Waals surface area (Å²) in [5, 5.41) is 11.4. The van der Waals surface area contributed by atoms with E-state index in [1.807, 2.05) is 0 Å². The van der Waals surface area contributed by atoms with Gasteiger partial charge in [0.05, 0.1) is 5.69 Å². The molecule has 90 valence electrons. The first-order valence-electron chi connectivity index (χ1n) is 5.40. The molecule has 1 atom stereocenters. The molecule has 0 aliphatic carbocycles. The maximum atomic E-state index is 10.9. The molecular weight excluding hydrogens is 250 g/mol. The Labute approximate surface area is 109 Å². The first kappa shape index (κ1) is 11.2. The number of benzene rings is 1. The lowest BCUT2D eigenvalue weighted by atomic mass is 9.87. The van der Waals surface area contributed by atoms with Crippen LogP contribution in [0, 0.1) is 0 Å². The van der Waals surface area contributed by atoms with Crippen LogP contribution in [-0.4, -0.2) is 15.9 Å². The summed E-state index contributed by atoms with van der Waals surface area (Å²) < 4.78 is 0. The van der Waals surface area contributed by atoms with Crippen LogP contribution < -0.4 is 5.73 Å². The Kier molecular flexibility index (Phi) is 2.36. The van der Waals surface area contributed by atoms with Crippen LogP contribution in [-0.2, 0) is 5.60 Å². The van der Waals surface area contributed by atoms with Crippen LogP contribution >= 0.6 is 11.6 Å². The number of nitrogens with two attached hydrogens (primary N) is 1. The minimum absolute atomic E-state index is 0.144. The van der Waals surface area contributed by atoms with Crippen LogP contribution in [0.3, 0.4) is 0 Å². The molecule has 3 rings (SSSR count). The average Bonchev–Trinajstić information content (AvgIpc) is 2.64. The maximum absolute atomic E-state index is 10.9. The molecule has 1 aliphatic rings. The predicted octanol–water partition coefficient (Wildman–Crippen LogP) is 1.97. The zero-order chi connectivity index (χ0) is 12.8. The fourth-order valence-corrected chi connectivity index (χ4v) is 2.31. The zero-order valence-corrected chi connectivity index (χ0v) is 10.1. The molecule has 18 heavy (non-hydrogen) atoms. The second kappa shape index (κ2) is 3.80. The van der Waals surface area contributed by atoms with Gasteiger partial charge in [-0.25, -0.2) is 4.99 Å². The average molecular weight is 260 g/mol. The van der Waals surface area contributed by atoms with E-state index in [0.717, 1.165) is 0 Å². The van der Waals surface area contributed by atoms with Crippen molar-refractivity contribution >= 4 is 23.1 Å². The first-order valence-corrected chi connectivity index (χ1v) is 5.77. The van der Waals surface area contributed by atoms with Crippen molar-refractivity contribution in [2.75, 3.05) is 0 Å². The zero-order valence-electron chi connectivity index (χ0n) is 9.34. The van der Waals surface area contributed by atoms with Crippen molar-refractivity contribution < 1.29 is 5.11 Å². The van der Waals surface area contributed by atoms with Gasteiger partial charge >= 0.3 is 0 Å². The fourth-order valence-electron chi connectivity index (χ4n) is 2.14. The van der Waals surface area contributed by atoms with Gasteiger partial charge in [-0.1, -0.05) is 11.6 Å². The summed E-state index contributed by atoms with van der Waals surface area (Å²) in [7, 11) is 0. The van der Waals surface area contributed by atoms with Gasteiger partial charge in [-0.15, -0.1) is 0 Å². The van der Waals surface area contributed by atoms with Crippen LogP contribution in [0.4, 0.5) is 5.69 Å². The topological polar surface area (TPSA) is 71.5 Å². The summed E-state index contributed by atoms with van der Waals surface area (Å²) >= 11 is 5.97. The van der Waals surface area contributed by atoms with Crippen molar-refractivity contribution in [3.63, 3.8) is 0 Å². The Morgan fingerprint density at radius 3 is 2.61 bits per heavy atom. The predicted molar refractivity (Wildman–Crippen MR) is 70.0 cm³/mol. The first-order chi connectivity index (χ1) is 8.62. The Hall–Kier alpha value is -1.91. The number of fused-ring (bicyclic) bond motifs is 1. The molecule has 0 saturated carbocycles. The SMILES string of the molecule is NC1=Nc2ccc(Cl)cc2C1(O)c1ccncc1. The number of aliphatic hydroxyl groups is 1. The molecule has 0 bridgehead atoms.